The van der Waals surface area contributed by atoms with Crippen molar-refractivity contribution in [3.05, 3.63) is 48.0 Å². The van der Waals surface area contributed by atoms with E-state index < -0.39 is 5.97 Å². The lowest BCUT2D eigenvalue weighted by molar-refractivity contribution is 0.0697. The van der Waals surface area contributed by atoms with Gasteiger partial charge in [-0.05, 0) is 35.9 Å². The predicted octanol–water partition coefficient (Wildman–Crippen LogP) is 3.13. The highest BCUT2D eigenvalue weighted by atomic mass is 16.5. The number of hydrogen-bond acceptors (Lipinski definition) is 3. The Morgan fingerprint density at radius 1 is 1.10 bits per heavy atom. The molecule has 0 saturated carbocycles. The summed E-state index contributed by atoms with van der Waals surface area (Å²) in [5.41, 5.74) is 3.04. The summed E-state index contributed by atoms with van der Waals surface area (Å²) in [6.07, 6.45) is 0. The second-order valence-corrected chi connectivity index (χ2v) is 4.66. The number of hydrogen-bond donors (Lipinski definition) is 1. The van der Waals surface area contributed by atoms with Gasteiger partial charge in [-0.1, -0.05) is 12.1 Å². The molecular weight excluding hydrogens is 254 g/mol. The molecule has 0 heterocycles. The molecule has 20 heavy (non-hydrogen) atoms. The summed E-state index contributed by atoms with van der Waals surface area (Å²) in [6, 6.07) is 12.7. The maximum absolute atomic E-state index is 11.1. The van der Waals surface area contributed by atoms with E-state index in [0.717, 1.165) is 16.8 Å². The Kier molecular flexibility index (Phi) is 3.94. The number of ether oxygens (including phenoxy) is 1. The van der Waals surface area contributed by atoms with Gasteiger partial charge in [-0.25, -0.2) is 4.79 Å². The first-order valence-electron chi connectivity index (χ1n) is 6.22. The zero-order valence-electron chi connectivity index (χ0n) is 11.8. The van der Waals surface area contributed by atoms with Gasteiger partial charge >= 0.3 is 5.97 Å². The molecule has 0 spiro atoms. The second kappa shape index (κ2) is 5.65. The van der Waals surface area contributed by atoms with Crippen LogP contribution in [0.25, 0.3) is 11.1 Å². The standard InChI is InChI=1S/C16H17NO3/c1-17(2)13-7-4-11(5-8-13)14-10-12(16(18)19)6-9-15(14)20-3/h4-10H,1-3H3,(H,18,19). The van der Waals surface area contributed by atoms with Crippen molar-refractivity contribution in [3.8, 4) is 16.9 Å². The molecule has 2 aromatic carbocycles. The quantitative estimate of drug-likeness (QED) is 0.928. The zero-order valence-corrected chi connectivity index (χ0v) is 11.8. The molecule has 1 N–H and O–H groups in total. The lowest BCUT2D eigenvalue weighted by Gasteiger charge is -2.14. The summed E-state index contributed by atoms with van der Waals surface area (Å²) in [5, 5.41) is 9.09. The fourth-order valence-electron chi connectivity index (χ4n) is 2.01. The van der Waals surface area contributed by atoms with Crippen molar-refractivity contribution in [3.63, 3.8) is 0 Å². The number of aromatic carboxylic acids is 1. The van der Waals surface area contributed by atoms with Crippen LogP contribution in [0.2, 0.25) is 0 Å². The van der Waals surface area contributed by atoms with E-state index in [9.17, 15) is 4.79 Å². The maximum Gasteiger partial charge on any atom is 0.335 e. The van der Waals surface area contributed by atoms with Crippen LogP contribution in [-0.4, -0.2) is 32.3 Å². The highest BCUT2D eigenvalue weighted by molar-refractivity contribution is 5.90. The van der Waals surface area contributed by atoms with Gasteiger partial charge < -0.3 is 14.7 Å². The number of rotatable bonds is 4. The topological polar surface area (TPSA) is 49.8 Å². The summed E-state index contributed by atoms with van der Waals surface area (Å²) in [6.45, 7) is 0. The molecule has 0 aromatic heterocycles. The summed E-state index contributed by atoms with van der Waals surface area (Å²) in [4.78, 5) is 13.1. The van der Waals surface area contributed by atoms with Crippen molar-refractivity contribution in [2.24, 2.45) is 0 Å². The van der Waals surface area contributed by atoms with Gasteiger partial charge in [0.15, 0.2) is 0 Å². The number of carboxylic acids is 1. The van der Waals surface area contributed by atoms with Crippen LogP contribution in [0, 0.1) is 0 Å². The molecule has 104 valence electrons. The normalized spacial score (nSPS) is 10.2. The average molecular weight is 271 g/mol. The first-order chi connectivity index (χ1) is 9.52. The number of nitrogens with zero attached hydrogens (tertiary/aromatic N) is 1. The van der Waals surface area contributed by atoms with Gasteiger partial charge in [0.2, 0.25) is 0 Å². The van der Waals surface area contributed by atoms with E-state index in [-0.39, 0.29) is 5.56 Å². The molecular formula is C16H17NO3. The molecule has 0 aliphatic heterocycles. The van der Waals surface area contributed by atoms with Crippen LogP contribution in [0.1, 0.15) is 10.4 Å². The highest BCUT2D eigenvalue weighted by Crippen LogP contribution is 2.32. The van der Waals surface area contributed by atoms with Crippen LogP contribution in [0.5, 0.6) is 5.75 Å². The van der Waals surface area contributed by atoms with E-state index >= 15 is 0 Å². The smallest absolute Gasteiger partial charge is 0.335 e. The van der Waals surface area contributed by atoms with Crippen LogP contribution in [0.15, 0.2) is 42.5 Å². The van der Waals surface area contributed by atoms with Crippen LogP contribution in [0.4, 0.5) is 5.69 Å². The molecule has 2 rings (SSSR count). The minimum atomic E-state index is -0.946. The summed E-state index contributed by atoms with van der Waals surface area (Å²) < 4.78 is 5.31. The molecule has 4 nitrogen and oxygen atoms in total. The molecule has 0 aliphatic carbocycles. The molecule has 0 saturated heterocycles. The van der Waals surface area contributed by atoms with Crippen molar-refractivity contribution in [1.82, 2.24) is 0 Å². The van der Waals surface area contributed by atoms with E-state index in [1.54, 1.807) is 25.3 Å². The van der Waals surface area contributed by atoms with E-state index in [1.165, 1.54) is 0 Å². The number of carboxylic acid groups (broad SMARTS) is 1. The fraction of sp³-hybridized carbons (Fsp3) is 0.188. The number of anilines is 1. The van der Waals surface area contributed by atoms with Gasteiger partial charge in [-0.15, -0.1) is 0 Å². The fourth-order valence-corrected chi connectivity index (χ4v) is 2.01. The Labute approximate surface area is 118 Å². The Hall–Kier alpha value is -2.49. The third-order valence-electron chi connectivity index (χ3n) is 3.14. The first-order valence-corrected chi connectivity index (χ1v) is 6.22. The molecule has 0 fully saturated rings. The minimum absolute atomic E-state index is 0.248. The zero-order chi connectivity index (χ0) is 14.7. The van der Waals surface area contributed by atoms with Crippen LogP contribution >= 0.6 is 0 Å². The van der Waals surface area contributed by atoms with Gasteiger partial charge in [-0.3, -0.25) is 0 Å². The molecule has 0 unspecified atom stereocenters. The summed E-state index contributed by atoms with van der Waals surface area (Å²) in [7, 11) is 5.52. The van der Waals surface area contributed by atoms with Crippen molar-refractivity contribution < 1.29 is 14.6 Å². The Morgan fingerprint density at radius 3 is 2.25 bits per heavy atom. The molecule has 0 atom stereocenters. The second-order valence-electron chi connectivity index (χ2n) is 4.66. The molecule has 0 bridgehead atoms. The lowest BCUT2D eigenvalue weighted by atomic mass is 10.0. The van der Waals surface area contributed by atoms with Gasteiger partial charge in [0.1, 0.15) is 5.75 Å². The third kappa shape index (κ3) is 2.74. The van der Waals surface area contributed by atoms with Crippen molar-refractivity contribution in [2.45, 2.75) is 0 Å². The average Bonchev–Trinajstić information content (AvgIpc) is 2.46. The minimum Gasteiger partial charge on any atom is -0.496 e. The van der Waals surface area contributed by atoms with Gasteiger partial charge in [0.05, 0.1) is 12.7 Å². The largest absolute Gasteiger partial charge is 0.496 e. The van der Waals surface area contributed by atoms with E-state index in [4.69, 9.17) is 9.84 Å². The van der Waals surface area contributed by atoms with Crippen LogP contribution < -0.4 is 9.64 Å². The SMILES string of the molecule is COc1ccc(C(=O)O)cc1-c1ccc(N(C)C)cc1. The molecule has 0 aliphatic rings. The Bertz CT molecular complexity index is 618. The number of methoxy groups -OCH3 is 1. The number of benzene rings is 2. The molecule has 0 radical (unpaired) electrons. The lowest BCUT2D eigenvalue weighted by Crippen LogP contribution is -2.07. The van der Waals surface area contributed by atoms with Gasteiger partial charge in [-0.2, -0.15) is 0 Å². The monoisotopic (exact) mass is 271 g/mol. The van der Waals surface area contributed by atoms with Crippen LogP contribution in [-0.2, 0) is 0 Å². The van der Waals surface area contributed by atoms with Crippen LogP contribution in [0.3, 0.4) is 0 Å². The van der Waals surface area contributed by atoms with E-state index in [2.05, 4.69) is 0 Å². The van der Waals surface area contributed by atoms with Crippen molar-refractivity contribution in [2.75, 3.05) is 26.1 Å². The predicted molar refractivity (Wildman–Crippen MR) is 79.7 cm³/mol. The summed E-state index contributed by atoms with van der Waals surface area (Å²) in [5.74, 6) is -0.286. The van der Waals surface area contributed by atoms with E-state index in [0.29, 0.717) is 5.75 Å². The third-order valence-corrected chi connectivity index (χ3v) is 3.14. The first kappa shape index (κ1) is 13.9. The van der Waals surface area contributed by atoms with Gasteiger partial charge in [0.25, 0.3) is 0 Å². The Morgan fingerprint density at radius 2 is 1.75 bits per heavy atom. The Balaban J connectivity index is 2.49. The van der Waals surface area contributed by atoms with Crippen molar-refractivity contribution >= 4 is 11.7 Å². The van der Waals surface area contributed by atoms with Gasteiger partial charge in [0, 0.05) is 25.3 Å². The molecule has 0 amide bonds. The van der Waals surface area contributed by atoms with Crippen molar-refractivity contribution in [1.29, 1.82) is 0 Å². The van der Waals surface area contributed by atoms with E-state index in [1.807, 2.05) is 43.3 Å². The maximum atomic E-state index is 11.1. The highest BCUT2D eigenvalue weighted by Gasteiger charge is 2.11. The summed E-state index contributed by atoms with van der Waals surface area (Å²) >= 11 is 0. The molecule has 4 heteroatoms. The molecule has 2 aromatic rings. The number of carbonyl (C=O) groups is 1.